The van der Waals surface area contributed by atoms with Crippen LogP contribution in [-0.4, -0.2) is 16.0 Å². The van der Waals surface area contributed by atoms with Crippen LogP contribution >= 0.6 is 0 Å². The topological polar surface area (TPSA) is 59.5 Å². The minimum absolute atomic E-state index is 0.0823. The van der Waals surface area contributed by atoms with Gasteiger partial charge in [0.25, 0.3) is 5.91 Å². The Labute approximate surface area is 167 Å². The molecule has 0 radical (unpaired) electrons. The summed E-state index contributed by atoms with van der Waals surface area (Å²) >= 11 is 0. The summed E-state index contributed by atoms with van der Waals surface area (Å²) in [7, 11) is 0. The van der Waals surface area contributed by atoms with E-state index in [0.29, 0.717) is 17.1 Å². The number of carbonyl (C=O) groups is 1. The molecule has 0 bridgehead atoms. The van der Waals surface area contributed by atoms with Crippen molar-refractivity contribution in [2.45, 2.75) is 20.0 Å². The van der Waals surface area contributed by atoms with E-state index >= 15 is 0 Å². The molecule has 146 valence electrons. The summed E-state index contributed by atoms with van der Waals surface area (Å²) in [6.45, 7) is 2.26. The number of halogens is 1. The summed E-state index contributed by atoms with van der Waals surface area (Å²) < 4.78 is 24.9. The third kappa shape index (κ3) is 4.27. The minimum Gasteiger partial charge on any atom is -0.467 e. The first kappa shape index (κ1) is 18.7. The molecule has 0 N–H and O–H groups in total. The van der Waals surface area contributed by atoms with Gasteiger partial charge in [0.05, 0.1) is 12.8 Å². The third-order valence-electron chi connectivity index (χ3n) is 4.60. The molecule has 0 saturated heterocycles. The third-order valence-corrected chi connectivity index (χ3v) is 4.60. The SMILES string of the molecule is Cc1ccc(-c2cc(C(=O)N(Cc3ccco3)Cc3ccccc3F)no2)cc1. The maximum absolute atomic E-state index is 14.2. The van der Waals surface area contributed by atoms with Crippen LogP contribution in [0.5, 0.6) is 0 Å². The zero-order valence-electron chi connectivity index (χ0n) is 15.8. The smallest absolute Gasteiger partial charge is 0.276 e. The van der Waals surface area contributed by atoms with Gasteiger partial charge in [-0.15, -0.1) is 0 Å². The largest absolute Gasteiger partial charge is 0.467 e. The first-order chi connectivity index (χ1) is 14.1. The highest BCUT2D eigenvalue weighted by molar-refractivity contribution is 5.93. The van der Waals surface area contributed by atoms with Gasteiger partial charge in [-0.1, -0.05) is 53.2 Å². The molecule has 0 fully saturated rings. The summed E-state index contributed by atoms with van der Waals surface area (Å²) in [4.78, 5) is 14.6. The number of benzene rings is 2. The zero-order valence-corrected chi connectivity index (χ0v) is 15.8. The van der Waals surface area contributed by atoms with E-state index in [2.05, 4.69) is 5.16 Å². The predicted octanol–water partition coefficient (Wildman–Crippen LogP) is 5.22. The van der Waals surface area contributed by atoms with E-state index in [1.807, 2.05) is 31.2 Å². The van der Waals surface area contributed by atoms with Crippen LogP contribution in [0, 0.1) is 12.7 Å². The molecule has 2 aromatic carbocycles. The Morgan fingerprint density at radius 3 is 2.55 bits per heavy atom. The lowest BCUT2D eigenvalue weighted by Gasteiger charge is -2.21. The number of furan rings is 1. The van der Waals surface area contributed by atoms with Crippen molar-refractivity contribution in [3.8, 4) is 11.3 Å². The second kappa shape index (κ2) is 8.14. The fourth-order valence-electron chi connectivity index (χ4n) is 3.01. The standard InChI is InChI=1S/C23H19FN2O3/c1-16-8-10-17(11-9-16)22-13-21(25-29-22)23(27)26(15-19-6-4-12-28-19)14-18-5-2-3-7-20(18)24/h2-13H,14-15H2,1H3. The highest BCUT2D eigenvalue weighted by Crippen LogP contribution is 2.23. The first-order valence-electron chi connectivity index (χ1n) is 9.19. The molecule has 0 aliphatic carbocycles. The minimum atomic E-state index is -0.370. The van der Waals surface area contributed by atoms with Crippen molar-refractivity contribution < 1.29 is 18.1 Å². The van der Waals surface area contributed by atoms with Crippen molar-refractivity contribution in [3.63, 3.8) is 0 Å². The van der Waals surface area contributed by atoms with Gasteiger partial charge >= 0.3 is 0 Å². The summed E-state index contributed by atoms with van der Waals surface area (Å²) in [5, 5.41) is 3.94. The molecule has 0 aliphatic rings. The van der Waals surface area contributed by atoms with E-state index in [-0.39, 0.29) is 30.5 Å². The number of hydrogen-bond donors (Lipinski definition) is 0. The van der Waals surface area contributed by atoms with Gasteiger partial charge < -0.3 is 13.8 Å². The van der Waals surface area contributed by atoms with Crippen LogP contribution in [0.1, 0.15) is 27.4 Å². The molecule has 0 aliphatic heterocycles. The highest BCUT2D eigenvalue weighted by atomic mass is 19.1. The van der Waals surface area contributed by atoms with Crippen molar-refractivity contribution in [2.75, 3.05) is 0 Å². The fraction of sp³-hybridized carbons (Fsp3) is 0.130. The van der Waals surface area contributed by atoms with Crippen LogP contribution in [0.2, 0.25) is 0 Å². The summed E-state index contributed by atoms with van der Waals surface area (Å²) in [6, 6.07) is 19.2. The number of amides is 1. The molecule has 4 rings (SSSR count). The Balaban J connectivity index is 1.60. The lowest BCUT2D eigenvalue weighted by molar-refractivity contribution is 0.0705. The lowest BCUT2D eigenvalue weighted by Crippen LogP contribution is -2.30. The van der Waals surface area contributed by atoms with Crippen molar-refractivity contribution in [3.05, 3.63) is 101 Å². The number of rotatable bonds is 6. The Hall–Kier alpha value is -3.67. The van der Waals surface area contributed by atoms with Crippen LogP contribution in [-0.2, 0) is 13.1 Å². The Morgan fingerprint density at radius 1 is 1.03 bits per heavy atom. The van der Waals surface area contributed by atoms with Gasteiger partial charge in [-0.25, -0.2) is 4.39 Å². The number of carbonyl (C=O) groups excluding carboxylic acids is 1. The molecule has 0 unspecified atom stereocenters. The highest BCUT2D eigenvalue weighted by Gasteiger charge is 2.23. The van der Waals surface area contributed by atoms with Gasteiger partial charge in [-0.3, -0.25) is 4.79 Å². The molecular formula is C23H19FN2O3. The monoisotopic (exact) mass is 390 g/mol. The molecule has 2 heterocycles. The predicted molar refractivity (Wildman–Crippen MR) is 105 cm³/mol. The summed E-state index contributed by atoms with van der Waals surface area (Å²) in [5.41, 5.74) is 2.52. The maximum atomic E-state index is 14.2. The Morgan fingerprint density at radius 2 is 1.83 bits per heavy atom. The Kier molecular flexibility index (Phi) is 5.24. The molecule has 0 saturated carbocycles. The summed E-state index contributed by atoms with van der Waals surface area (Å²) in [6.07, 6.45) is 1.53. The number of nitrogens with zero attached hydrogens (tertiary/aromatic N) is 2. The van der Waals surface area contributed by atoms with E-state index in [1.165, 1.54) is 17.2 Å². The van der Waals surface area contributed by atoms with Crippen LogP contribution in [0.15, 0.2) is 81.9 Å². The van der Waals surface area contributed by atoms with Crippen molar-refractivity contribution in [1.29, 1.82) is 0 Å². The number of aromatic nitrogens is 1. The van der Waals surface area contributed by atoms with Crippen LogP contribution in [0.25, 0.3) is 11.3 Å². The molecule has 2 aromatic heterocycles. The van der Waals surface area contributed by atoms with E-state index in [0.717, 1.165) is 11.1 Å². The molecule has 1 amide bonds. The van der Waals surface area contributed by atoms with Gasteiger partial charge in [0, 0.05) is 23.7 Å². The number of hydrogen-bond acceptors (Lipinski definition) is 4. The molecule has 0 spiro atoms. The first-order valence-corrected chi connectivity index (χ1v) is 9.19. The molecule has 0 atom stereocenters. The van der Waals surface area contributed by atoms with Gasteiger partial charge in [0.1, 0.15) is 11.6 Å². The fourth-order valence-corrected chi connectivity index (χ4v) is 3.01. The van der Waals surface area contributed by atoms with Crippen LogP contribution < -0.4 is 0 Å². The summed E-state index contributed by atoms with van der Waals surface area (Å²) in [5.74, 6) is 0.353. The zero-order chi connectivity index (χ0) is 20.2. The van der Waals surface area contributed by atoms with E-state index in [1.54, 1.807) is 36.4 Å². The maximum Gasteiger partial charge on any atom is 0.276 e. The number of aryl methyl sites for hydroxylation is 1. The normalized spacial score (nSPS) is 10.8. The van der Waals surface area contributed by atoms with Gasteiger partial charge in [-0.2, -0.15) is 0 Å². The van der Waals surface area contributed by atoms with Crippen LogP contribution in [0.3, 0.4) is 0 Å². The van der Waals surface area contributed by atoms with Crippen molar-refractivity contribution in [1.82, 2.24) is 10.1 Å². The average molecular weight is 390 g/mol. The molecular weight excluding hydrogens is 371 g/mol. The Bertz CT molecular complexity index is 1100. The second-order valence-electron chi connectivity index (χ2n) is 6.77. The van der Waals surface area contributed by atoms with Gasteiger partial charge in [0.2, 0.25) is 0 Å². The van der Waals surface area contributed by atoms with Crippen LogP contribution in [0.4, 0.5) is 4.39 Å². The van der Waals surface area contributed by atoms with Gasteiger partial charge in [0.15, 0.2) is 11.5 Å². The van der Waals surface area contributed by atoms with E-state index in [9.17, 15) is 9.18 Å². The van der Waals surface area contributed by atoms with E-state index < -0.39 is 0 Å². The second-order valence-corrected chi connectivity index (χ2v) is 6.77. The average Bonchev–Trinajstić information content (AvgIpc) is 3.41. The quantitative estimate of drug-likeness (QED) is 0.453. The lowest BCUT2D eigenvalue weighted by atomic mass is 10.1. The molecule has 29 heavy (non-hydrogen) atoms. The molecule has 6 heteroatoms. The van der Waals surface area contributed by atoms with E-state index in [4.69, 9.17) is 8.94 Å². The molecule has 4 aromatic rings. The van der Waals surface area contributed by atoms with Gasteiger partial charge in [-0.05, 0) is 25.1 Å². The van der Waals surface area contributed by atoms with Crippen molar-refractivity contribution >= 4 is 5.91 Å². The molecule has 5 nitrogen and oxygen atoms in total. The van der Waals surface area contributed by atoms with Crippen molar-refractivity contribution in [2.24, 2.45) is 0 Å².